The molecule has 1 aromatic carbocycles. The molecule has 0 unspecified atom stereocenters. The smallest absolute Gasteiger partial charge is 0.548 e. The van der Waals surface area contributed by atoms with Crippen molar-refractivity contribution in [3.05, 3.63) is 40.6 Å². The van der Waals surface area contributed by atoms with E-state index in [1.165, 1.54) is 16.7 Å². The first-order valence-electron chi connectivity index (χ1n) is 8.86. The van der Waals surface area contributed by atoms with Gasteiger partial charge in [0, 0.05) is 10.3 Å². The number of carbonyl (C=O) groups is 3. The molecule has 2 aromatic rings. The molecule has 0 aliphatic carbocycles. The number of nitrogens with zero attached hydrogens (tertiary/aromatic N) is 2. The summed E-state index contributed by atoms with van der Waals surface area (Å²) < 4.78 is 4.47. The van der Waals surface area contributed by atoms with Gasteiger partial charge in [-0.05, 0) is 26.8 Å². The van der Waals surface area contributed by atoms with Gasteiger partial charge in [-0.2, -0.15) is 0 Å². The number of aryl methyl sites for hydroxylation is 1. The summed E-state index contributed by atoms with van der Waals surface area (Å²) in [6, 6.07) is 5.02. The number of nitrogens with one attached hydrogen (secondary N) is 1. The van der Waals surface area contributed by atoms with E-state index in [1.54, 1.807) is 45.0 Å². The standard InChI is InChI=1S/C19H18ClN3O5S.Na/c1-8-11(12(22-28-8)9-6-4-5-7-10(9)20)15(24)21-13-16(25)23-14(18(26)27)19(2,3)29-17(13)23;/h4-7,13-14,17H,1-3H3,(H,21,24)(H,26,27);/q;+1/p-1/t13-,14+,17-;/m0./s1. The van der Waals surface area contributed by atoms with Crippen LogP contribution in [0.2, 0.25) is 5.02 Å². The van der Waals surface area contributed by atoms with E-state index in [0.29, 0.717) is 10.6 Å². The van der Waals surface area contributed by atoms with Gasteiger partial charge < -0.3 is 24.6 Å². The molecule has 0 bridgehead atoms. The molecular weight excluding hydrogens is 441 g/mol. The van der Waals surface area contributed by atoms with Gasteiger partial charge in [0.1, 0.15) is 28.4 Å². The van der Waals surface area contributed by atoms with E-state index >= 15 is 0 Å². The maximum absolute atomic E-state index is 13.0. The van der Waals surface area contributed by atoms with Crippen LogP contribution in [0.15, 0.2) is 28.8 Å². The predicted octanol–water partition coefficient (Wildman–Crippen LogP) is -1.78. The largest absolute Gasteiger partial charge is 1.00 e. The van der Waals surface area contributed by atoms with Crippen LogP contribution < -0.4 is 40.0 Å². The van der Waals surface area contributed by atoms with Gasteiger partial charge in [-0.15, -0.1) is 11.8 Å². The van der Waals surface area contributed by atoms with Gasteiger partial charge in [0.05, 0.1) is 17.0 Å². The monoisotopic (exact) mass is 457 g/mol. The number of aliphatic carboxylic acids is 1. The number of hydrogen-bond donors (Lipinski definition) is 1. The third-order valence-electron chi connectivity index (χ3n) is 5.17. The summed E-state index contributed by atoms with van der Waals surface area (Å²) in [5, 5.41) is 18.1. The van der Waals surface area contributed by atoms with Crippen molar-refractivity contribution in [1.82, 2.24) is 15.4 Å². The molecule has 1 aromatic heterocycles. The SMILES string of the molecule is Cc1onc(-c2ccccc2Cl)c1C(=O)N[C@H]1C(=O)N2[C@H]1SC(C)(C)[C@H]2C(=O)[O-].[Na+]. The number of hydrogen-bond acceptors (Lipinski definition) is 7. The van der Waals surface area contributed by atoms with Gasteiger partial charge in [0.15, 0.2) is 0 Å². The number of β-lactam (4-membered cyclic amide) rings is 1. The minimum absolute atomic E-state index is 0. The molecule has 0 radical (unpaired) electrons. The second-order valence-corrected chi connectivity index (χ2v) is 9.65. The third kappa shape index (κ3) is 3.56. The normalized spacial score (nSPS) is 23.9. The third-order valence-corrected chi connectivity index (χ3v) is 7.07. The number of carboxylic acids is 1. The minimum atomic E-state index is -1.31. The van der Waals surface area contributed by atoms with E-state index in [4.69, 9.17) is 16.1 Å². The van der Waals surface area contributed by atoms with Gasteiger partial charge >= 0.3 is 29.6 Å². The molecule has 1 N–H and O–H groups in total. The Morgan fingerprint density at radius 2 is 2.00 bits per heavy atom. The number of rotatable bonds is 4. The second kappa shape index (κ2) is 8.20. The average molecular weight is 458 g/mol. The van der Waals surface area contributed by atoms with Gasteiger partial charge in [-0.3, -0.25) is 9.59 Å². The number of carbonyl (C=O) groups excluding carboxylic acids is 3. The molecule has 30 heavy (non-hydrogen) atoms. The number of aromatic nitrogens is 1. The van der Waals surface area contributed by atoms with Gasteiger partial charge in [-0.1, -0.05) is 35.0 Å². The number of amides is 2. The van der Waals surface area contributed by atoms with Crippen molar-refractivity contribution in [2.45, 2.75) is 43.0 Å². The Bertz CT molecular complexity index is 1040. The van der Waals surface area contributed by atoms with Gasteiger partial charge in [0.2, 0.25) is 5.91 Å². The molecule has 2 saturated heterocycles. The van der Waals surface area contributed by atoms with Crippen LogP contribution in [0.1, 0.15) is 30.0 Å². The van der Waals surface area contributed by atoms with E-state index in [9.17, 15) is 19.5 Å². The summed E-state index contributed by atoms with van der Waals surface area (Å²) in [6.07, 6.45) is 0. The summed E-state index contributed by atoms with van der Waals surface area (Å²) >= 11 is 7.54. The van der Waals surface area contributed by atoms with Crippen LogP contribution in [0, 0.1) is 6.92 Å². The Labute approximate surface area is 204 Å². The molecule has 3 heterocycles. The Hall–Kier alpha value is -1.52. The van der Waals surface area contributed by atoms with Crippen LogP contribution >= 0.6 is 23.4 Å². The minimum Gasteiger partial charge on any atom is -0.548 e. The quantitative estimate of drug-likeness (QED) is 0.426. The number of halogens is 1. The van der Waals surface area contributed by atoms with E-state index in [-0.39, 0.29) is 46.6 Å². The van der Waals surface area contributed by atoms with Crippen LogP contribution in [-0.4, -0.2) is 50.0 Å². The maximum atomic E-state index is 13.0. The maximum Gasteiger partial charge on any atom is 1.00 e. The molecule has 0 saturated carbocycles. The molecule has 2 aliphatic heterocycles. The summed E-state index contributed by atoms with van der Waals surface area (Å²) in [4.78, 5) is 38.3. The second-order valence-electron chi connectivity index (χ2n) is 7.47. The number of carboxylic acid groups (broad SMARTS) is 1. The Morgan fingerprint density at radius 1 is 1.33 bits per heavy atom. The van der Waals surface area contributed by atoms with Crippen LogP contribution in [-0.2, 0) is 9.59 Å². The van der Waals surface area contributed by atoms with Crippen LogP contribution in [0.25, 0.3) is 11.3 Å². The van der Waals surface area contributed by atoms with Crippen molar-refractivity contribution >= 4 is 41.1 Å². The van der Waals surface area contributed by atoms with Crippen molar-refractivity contribution in [2.24, 2.45) is 0 Å². The molecule has 2 fully saturated rings. The van der Waals surface area contributed by atoms with E-state index in [0.717, 1.165) is 0 Å². The van der Waals surface area contributed by atoms with Gasteiger partial charge in [0.25, 0.3) is 5.91 Å². The zero-order valence-electron chi connectivity index (χ0n) is 16.8. The summed E-state index contributed by atoms with van der Waals surface area (Å²) in [7, 11) is 0. The van der Waals surface area contributed by atoms with Gasteiger partial charge in [-0.25, -0.2) is 0 Å². The predicted molar refractivity (Wildman–Crippen MR) is 104 cm³/mol. The van der Waals surface area contributed by atoms with Crippen LogP contribution in [0.4, 0.5) is 0 Å². The van der Waals surface area contributed by atoms with Crippen molar-refractivity contribution in [1.29, 1.82) is 0 Å². The number of thioether (sulfide) groups is 1. The first-order valence-corrected chi connectivity index (χ1v) is 10.1. The van der Waals surface area contributed by atoms with Crippen molar-refractivity contribution in [3.63, 3.8) is 0 Å². The fourth-order valence-corrected chi connectivity index (χ4v) is 5.66. The summed E-state index contributed by atoms with van der Waals surface area (Å²) in [5.41, 5.74) is 0.996. The van der Waals surface area contributed by atoms with E-state index in [2.05, 4.69) is 10.5 Å². The fourth-order valence-electron chi connectivity index (χ4n) is 3.82. The number of benzene rings is 1. The van der Waals surface area contributed by atoms with E-state index in [1.807, 2.05) is 0 Å². The molecule has 2 aliphatic rings. The Balaban J connectivity index is 0.00000256. The molecule has 2 amide bonds. The summed E-state index contributed by atoms with van der Waals surface area (Å²) in [6.45, 7) is 5.07. The molecule has 3 atom stereocenters. The first kappa shape index (κ1) is 23.1. The zero-order valence-corrected chi connectivity index (χ0v) is 20.3. The van der Waals surface area contributed by atoms with Crippen molar-refractivity contribution in [2.75, 3.05) is 0 Å². The van der Waals surface area contributed by atoms with Crippen molar-refractivity contribution in [3.8, 4) is 11.3 Å². The average Bonchev–Trinajstić information content (AvgIpc) is 3.15. The topological polar surface area (TPSA) is 116 Å². The Morgan fingerprint density at radius 3 is 2.63 bits per heavy atom. The molecule has 4 rings (SSSR count). The molecule has 8 nitrogen and oxygen atoms in total. The Kier molecular flexibility index (Phi) is 6.33. The fraction of sp³-hybridized carbons (Fsp3) is 0.368. The van der Waals surface area contributed by atoms with Crippen molar-refractivity contribution < 1.29 is 53.6 Å². The molecule has 11 heteroatoms. The first-order chi connectivity index (χ1) is 13.6. The molecular formula is C19H17ClN3NaO5S. The zero-order chi connectivity index (χ0) is 21.1. The molecule has 152 valence electrons. The number of fused-ring (bicyclic) bond motifs is 1. The molecule has 0 spiro atoms. The summed E-state index contributed by atoms with van der Waals surface area (Å²) in [5.74, 6) is -2.01. The van der Waals surface area contributed by atoms with Crippen LogP contribution in [0.5, 0.6) is 0 Å². The van der Waals surface area contributed by atoms with Crippen LogP contribution in [0.3, 0.4) is 0 Å². The van der Waals surface area contributed by atoms with E-state index < -0.39 is 40.0 Å².